The van der Waals surface area contributed by atoms with Gasteiger partial charge in [0.15, 0.2) is 0 Å². The van der Waals surface area contributed by atoms with Crippen LogP contribution in [0.3, 0.4) is 0 Å². The van der Waals surface area contributed by atoms with Gasteiger partial charge in [0.25, 0.3) is 0 Å². The lowest BCUT2D eigenvalue weighted by Gasteiger charge is -2.10. The van der Waals surface area contributed by atoms with Gasteiger partial charge in [-0.2, -0.15) is 0 Å². The summed E-state index contributed by atoms with van der Waals surface area (Å²) in [6.07, 6.45) is -0.348. The number of carboxylic acids is 1. The molecule has 0 atom stereocenters. The summed E-state index contributed by atoms with van der Waals surface area (Å²) in [6.45, 7) is -0.253. The van der Waals surface area contributed by atoms with E-state index in [4.69, 9.17) is 9.84 Å². The van der Waals surface area contributed by atoms with Crippen molar-refractivity contribution < 1.29 is 32.6 Å². The fraction of sp³-hybridized carbons (Fsp3) is 0.333. The monoisotopic (exact) mass is 317 g/mol. The molecule has 21 heavy (non-hydrogen) atoms. The van der Waals surface area contributed by atoms with Crippen molar-refractivity contribution in [3.63, 3.8) is 0 Å². The van der Waals surface area contributed by atoms with Crippen LogP contribution in [0, 0.1) is 0 Å². The standard InChI is InChI=1S/C12H15NO7S/c1-19-10-4-3-8(7-9(10)12(16)20-2)21(17,18)13-6-5-11(14)15/h3-4,7,13H,5-6H2,1-2H3,(H,14,15). The summed E-state index contributed by atoms with van der Waals surface area (Å²) in [5.41, 5.74) is -0.0406. The van der Waals surface area contributed by atoms with E-state index in [1.54, 1.807) is 0 Å². The zero-order valence-electron chi connectivity index (χ0n) is 11.5. The molecule has 0 aliphatic carbocycles. The molecule has 1 aromatic rings. The van der Waals surface area contributed by atoms with E-state index in [-0.39, 0.29) is 29.2 Å². The van der Waals surface area contributed by atoms with Gasteiger partial charge in [0.2, 0.25) is 10.0 Å². The van der Waals surface area contributed by atoms with Gasteiger partial charge in [0.05, 0.1) is 25.5 Å². The molecule has 8 nitrogen and oxygen atoms in total. The Morgan fingerprint density at radius 1 is 1.29 bits per heavy atom. The second-order valence-electron chi connectivity index (χ2n) is 3.90. The Labute approximate surface area is 121 Å². The van der Waals surface area contributed by atoms with Crippen LogP contribution in [0.15, 0.2) is 23.1 Å². The minimum atomic E-state index is -3.92. The van der Waals surface area contributed by atoms with E-state index in [2.05, 4.69) is 9.46 Å². The van der Waals surface area contributed by atoms with Crippen molar-refractivity contribution in [2.75, 3.05) is 20.8 Å². The van der Waals surface area contributed by atoms with E-state index in [9.17, 15) is 18.0 Å². The second-order valence-corrected chi connectivity index (χ2v) is 5.66. The van der Waals surface area contributed by atoms with Crippen LogP contribution in [0.2, 0.25) is 0 Å². The number of aliphatic carboxylic acids is 1. The third-order valence-corrected chi connectivity index (χ3v) is 3.98. The summed E-state index contributed by atoms with van der Waals surface area (Å²) < 4.78 is 35.6. The van der Waals surface area contributed by atoms with Crippen LogP contribution in [0.1, 0.15) is 16.8 Å². The number of sulfonamides is 1. The molecule has 0 saturated carbocycles. The van der Waals surface area contributed by atoms with Crippen molar-refractivity contribution in [3.05, 3.63) is 23.8 Å². The number of esters is 1. The Morgan fingerprint density at radius 2 is 1.95 bits per heavy atom. The number of carboxylic acid groups (broad SMARTS) is 1. The number of nitrogens with one attached hydrogen (secondary N) is 1. The first-order valence-electron chi connectivity index (χ1n) is 5.79. The SMILES string of the molecule is COC(=O)c1cc(S(=O)(=O)NCCC(=O)O)ccc1OC. The van der Waals surface area contributed by atoms with Crippen molar-refractivity contribution in [2.24, 2.45) is 0 Å². The molecular formula is C12H15NO7S. The molecule has 0 heterocycles. The van der Waals surface area contributed by atoms with Gasteiger partial charge in [-0.15, -0.1) is 0 Å². The van der Waals surface area contributed by atoms with Gasteiger partial charge in [0, 0.05) is 6.54 Å². The molecule has 1 aromatic carbocycles. The van der Waals surface area contributed by atoms with E-state index < -0.39 is 22.0 Å². The van der Waals surface area contributed by atoms with Gasteiger partial charge in [-0.3, -0.25) is 4.79 Å². The maximum absolute atomic E-state index is 12.0. The molecule has 1 rings (SSSR count). The first kappa shape index (κ1) is 16.9. The highest BCUT2D eigenvalue weighted by Gasteiger charge is 2.20. The van der Waals surface area contributed by atoms with Crippen LogP contribution in [0.4, 0.5) is 0 Å². The van der Waals surface area contributed by atoms with Crippen LogP contribution in [-0.4, -0.2) is 46.2 Å². The van der Waals surface area contributed by atoms with E-state index in [1.165, 1.54) is 19.2 Å². The summed E-state index contributed by atoms with van der Waals surface area (Å²) in [4.78, 5) is 21.8. The lowest BCUT2D eigenvalue weighted by Crippen LogP contribution is -2.26. The maximum Gasteiger partial charge on any atom is 0.341 e. The quantitative estimate of drug-likeness (QED) is 0.691. The Hall–Kier alpha value is -2.13. The molecule has 0 aliphatic heterocycles. The van der Waals surface area contributed by atoms with Gasteiger partial charge in [0.1, 0.15) is 11.3 Å². The van der Waals surface area contributed by atoms with Crippen LogP contribution in [0.5, 0.6) is 5.75 Å². The van der Waals surface area contributed by atoms with E-state index >= 15 is 0 Å². The van der Waals surface area contributed by atoms with Crippen LogP contribution in [0.25, 0.3) is 0 Å². The Kier molecular flexibility index (Phi) is 5.68. The van der Waals surface area contributed by atoms with Crippen molar-refractivity contribution in [1.82, 2.24) is 4.72 Å². The van der Waals surface area contributed by atoms with Crippen LogP contribution < -0.4 is 9.46 Å². The summed E-state index contributed by atoms with van der Waals surface area (Å²) in [5, 5.41) is 8.49. The zero-order valence-corrected chi connectivity index (χ0v) is 12.3. The molecule has 0 saturated heterocycles. The van der Waals surface area contributed by atoms with E-state index in [0.29, 0.717) is 0 Å². The summed E-state index contributed by atoms with van der Waals surface area (Å²) in [6, 6.07) is 3.67. The highest BCUT2D eigenvalue weighted by molar-refractivity contribution is 7.89. The van der Waals surface area contributed by atoms with Crippen molar-refractivity contribution >= 4 is 22.0 Å². The zero-order chi connectivity index (χ0) is 16.0. The van der Waals surface area contributed by atoms with Gasteiger partial charge in [-0.1, -0.05) is 0 Å². The Morgan fingerprint density at radius 3 is 2.48 bits per heavy atom. The highest BCUT2D eigenvalue weighted by atomic mass is 32.2. The molecule has 0 aliphatic rings. The van der Waals surface area contributed by atoms with Gasteiger partial charge < -0.3 is 14.6 Å². The van der Waals surface area contributed by atoms with Crippen LogP contribution in [-0.2, 0) is 19.6 Å². The molecule has 2 N–H and O–H groups in total. The molecule has 0 bridgehead atoms. The molecule has 116 valence electrons. The smallest absolute Gasteiger partial charge is 0.341 e. The average Bonchev–Trinajstić information content (AvgIpc) is 2.45. The molecule has 0 unspecified atom stereocenters. The largest absolute Gasteiger partial charge is 0.496 e. The van der Waals surface area contributed by atoms with Gasteiger partial charge in [-0.05, 0) is 18.2 Å². The first-order chi connectivity index (χ1) is 9.81. The molecule has 9 heteroatoms. The minimum absolute atomic E-state index is 0.0406. The molecule has 0 amide bonds. The number of hydrogen-bond donors (Lipinski definition) is 2. The average molecular weight is 317 g/mol. The van der Waals surface area contributed by atoms with E-state index in [0.717, 1.165) is 13.2 Å². The predicted octanol–water partition coefficient (Wildman–Crippen LogP) is 0.235. The van der Waals surface area contributed by atoms with Gasteiger partial charge in [-0.25, -0.2) is 17.9 Å². The molecule has 0 spiro atoms. The number of rotatable bonds is 7. The predicted molar refractivity (Wildman–Crippen MR) is 71.8 cm³/mol. The topological polar surface area (TPSA) is 119 Å². The van der Waals surface area contributed by atoms with Crippen molar-refractivity contribution in [2.45, 2.75) is 11.3 Å². The lowest BCUT2D eigenvalue weighted by atomic mass is 10.2. The molecule has 0 aromatic heterocycles. The summed E-state index contributed by atoms with van der Waals surface area (Å²) >= 11 is 0. The summed E-state index contributed by atoms with van der Waals surface area (Å²) in [5.74, 6) is -1.69. The second kappa shape index (κ2) is 7.04. The third-order valence-electron chi connectivity index (χ3n) is 2.52. The minimum Gasteiger partial charge on any atom is -0.496 e. The number of carbonyl (C=O) groups excluding carboxylic acids is 1. The number of methoxy groups -OCH3 is 2. The van der Waals surface area contributed by atoms with Crippen molar-refractivity contribution in [3.8, 4) is 5.75 Å². The maximum atomic E-state index is 12.0. The fourth-order valence-electron chi connectivity index (χ4n) is 1.50. The Balaban J connectivity index is 3.07. The lowest BCUT2D eigenvalue weighted by molar-refractivity contribution is -0.136. The fourth-order valence-corrected chi connectivity index (χ4v) is 2.56. The number of benzene rings is 1. The van der Waals surface area contributed by atoms with E-state index in [1.807, 2.05) is 0 Å². The number of hydrogen-bond acceptors (Lipinski definition) is 6. The Bertz CT molecular complexity index is 639. The summed E-state index contributed by atoms with van der Waals surface area (Å²) in [7, 11) is -1.43. The first-order valence-corrected chi connectivity index (χ1v) is 7.28. The third kappa shape index (κ3) is 4.43. The number of ether oxygens (including phenoxy) is 2. The molecule has 0 radical (unpaired) electrons. The molecular weight excluding hydrogens is 302 g/mol. The normalized spacial score (nSPS) is 11.0. The highest BCUT2D eigenvalue weighted by Crippen LogP contribution is 2.23. The van der Waals surface area contributed by atoms with Crippen LogP contribution >= 0.6 is 0 Å². The van der Waals surface area contributed by atoms with Gasteiger partial charge >= 0.3 is 11.9 Å². The van der Waals surface area contributed by atoms with Crippen molar-refractivity contribution in [1.29, 1.82) is 0 Å². The molecule has 0 fully saturated rings. The number of carbonyl (C=O) groups is 2.